The Balaban J connectivity index is 2.77. The third-order valence-corrected chi connectivity index (χ3v) is 2.59. The molecule has 2 nitrogen and oxygen atoms in total. The van der Waals surface area contributed by atoms with Crippen LogP contribution < -0.4 is 0 Å². The van der Waals surface area contributed by atoms with Gasteiger partial charge in [-0.15, -0.1) is 23.3 Å². The van der Waals surface area contributed by atoms with Gasteiger partial charge in [0, 0.05) is 12.4 Å². The molecule has 1 aromatic rings. The van der Waals surface area contributed by atoms with Crippen LogP contribution in [0.15, 0.2) is 18.7 Å². The van der Waals surface area contributed by atoms with Crippen LogP contribution in [0.25, 0.3) is 0 Å². The summed E-state index contributed by atoms with van der Waals surface area (Å²) in [4.78, 5) is 3.82. The molecule has 0 N–H and O–H groups in total. The van der Waals surface area contributed by atoms with Gasteiger partial charge in [-0.2, -0.15) is 0 Å². The third-order valence-electron chi connectivity index (χ3n) is 0.697. The summed E-state index contributed by atoms with van der Waals surface area (Å²) >= 11 is 8.21. The Morgan fingerprint density at radius 1 is 1.50 bits per heavy atom. The van der Waals surface area contributed by atoms with E-state index < -0.39 is 9.15 Å². The number of nitrogens with zero attached hydrogens (tertiary/aromatic N) is 2. The molecule has 0 bridgehead atoms. The number of rotatable bonds is 1. The van der Waals surface area contributed by atoms with Gasteiger partial charge in [-0.3, -0.25) is 3.97 Å². The molecule has 0 aliphatic carbocycles. The average molecular weight is 166 g/mol. The monoisotopic (exact) mass is 166 g/mol. The number of hydrogen-bond donors (Lipinski definition) is 3. The molecule has 0 aliphatic heterocycles. The van der Waals surface area contributed by atoms with Gasteiger partial charge in [-0.1, -0.05) is 9.15 Å². The number of aromatic nitrogens is 2. The quantitative estimate of drug-likeness (QED) is 0.424. The van der Waals surface area contributed by atoms with E-state index in [1.165, 1.54) is 0 Å². The lowest BCUT2D eigenvalue weighted by Crippen LogP contribution is -1.76. The fourth-order valence-electron chi connectivity index (χ4n) is 0.358. The zero-order chi connectivity index (χ0) is 5.98. The largest absolute Gasteiger partial charge is 0.284 e. The first-order chi connectivity index (χ1) is 3.80. The highest BCUT2D eigenvalue weighted by molar-refractivity contribution is 9.08. The zero-order valence-corrected chi connectivity index (χ0v) is 6.65. The number of imidazole rings is 1. The Labute approximate surface area is 60.4 Å². The van der Waals surface area contributed by atoms with Crippen molar-refractivity contribution >= 4 is 32.5 Å². The van der Waals surface area contributed by atoms with Crippen molar-refractivity contribution in [3.05, 3.63) is 18.7 Å². The van der Waals surface area contributed by atoms with Crippen molar-refractivity contribution in [2.24, 2.45) is 0 Å². The molecule has 1 heterocycles. The molecule has 0 atom stereocenters. The Morgan fingerprint density at radius 3 is 2.50 bits per heavy atom. The fraction of sp³-hybridized carbons (Fsp3) is 0. The lowest BCUT2D eigenvalue weighted by molar-refractivity contribution is 1.24. The van der Waals surface area contributed by atoms with Gasteiger partial charge >= 0.3 is 0 Å². The molecule has 0 aliphatic rings. The second-order valence-corrected chi connectivity index (χ2v) is 5.43. The van der Waals surface area contributed by atoms with Crippen LogP contribution in [0.3, 0.4) is 0 Å². The second-order valence-electron chi connectivity index (χ2n) is 1.21. The molecular formula is C3H6N2S3. The standard InChI is InChI=1S/C3H6N2S3/c6-8(7)5-2-1-4-3-5/h1-3,6-8H. The van der Waals surface area contributed by atoms with Crippen molar-refractivity contribution in [1.29, 1.82) is 0 Å². The van der Waals surface area contributed by atoms with Crippen molar-refractivity contribution in [1.82, 2.24) is 8.96 Å². The van der Waals surface area contributed by atoms with E-state index in [1.54, 1.807) is 12.5 Å². The molecule has 8 heavy (non-hydrogen) atoms. The van der Waals surface area contributed by atoms with Gasteiger partial charge in [0.15, 0.2) is 0 Å². The highest BCUT2D eigenvalue weighted by atomic mass is 33.5. The number of hydrogen-bond acceptors (Lipinski definition) is 3. The SMILES string of the molecule is S[SH](S)n1ccnc1. The Morgan fingerprint density at radius 2 is 2.25 bits per heavy atom. The van der Waals surface area contributed by atoms with Crippen molar-refractivity contribution in [2.75, 3.05) is 0 Å². The van der Waals surface area contributed by atoms with Crippen LogP contribution in [0.2, 0.25) is 0 Å². The average Bonchev–Trinajstić information content (AvgIpc) is 2.12. The van der Waals surface area contributed by atoms with E-state index in [-0.39, 0.29) is 0 Å². The summed E-state index contributed by atoms with van der Waals surface area (Å²) in [6.45, 7) is 0. The minimum atomic E-state index is -0.615. The Hall–Kier alpha value is 0.260. The summed E-state index contributed by atoms with van der Waals surface area (Å²) in [6, 6.07) is 0. The summed E-state index contributed by atoms with van der Waals surface area (Å²) in [5, 5.41) is 0. The first-order valence-electron chi connectivity index (χ1n) is 1.97. The van der Waals surface area contributed by atoms with Gasteiger partial charge in [0.25, 0.3) is 0 Å². The normalized spacial score (nSPS) is 11.5. The Bertz CT molecular complexity index is 148. The third kappa shape index (κ3) is 1.37. The molecule has 1 rings (SSSR count). The molecule has 0 aromatic carbocycles. The first kappa shape index (κ1) is 6.38. The molecule has 0 amide bonds. The lowest BCUT2D eigenvalue weighted by Gasteiger charge is -2.05. The van der Waals surface area contributed by atoms with E-state index in [0.717, 1.165) is 0 Å². The van der Waals surface area contributed by atoms with Gasteiger partial charge in [0.05, 0.1) is 0 Å². The summed E-state index contributed by atoms with van der Waals surface area (Å²) < 4.78 is 1.85. The van der Waals surface area contributed by atoms with Crippen LogP contribution in [0, 0.1) is 0 Å². The van der Waals surface area contributed by atoms with E-state index in [9.17, 15) is 0 Å². The molecule has 0 radical (unpaired) electrons. The summed E-state index contributed by atoms with van der Waals surface area (Å²) in [7, 11) is -0.615. The molecule has 5 heteroatoms. The van der Waals surface area contributed by atoms with E-state index >= 15 is 0 Å². The molecule has 0 fully saturated rings. The maximum atomic E-state index is 4.11. The minimum absolute atomic E-state index is 0.615. The van der Waals surface area contributed by atoms with E-state index in [2.05, 4.69) is 28.3 Å². The molecule has 0 unspecified atom stereocenters. The highest BCUT2D eigenvalue weighted by Gasteiger charge is 1.88. The lowest BCUT2D eigenvalue weighted by atomic mass is 11.0. The Kier molecular flexibility index (Phi) is 2.16. The smallest absolute Gasteiger partial charge is 0.104 e. The zero-order valence-electron chi connectivity index (χ0n) is 3.97. The summed E-state index contributed by atoms with van der Waals surface area (Å²) in [6.07, 6.45) is 5.25. The van der Waals surface area contributed by atoms with Crippen LogP contribution in [0.5, 0.6) is 0 Å². The van der Waals surface area contributed by atoms with Gasteiger partial charge < -0.3 is 0 Å². The van der Waals surface area contributed by atoms with Crippen molar-refractivity contribution in [3.8, 4) is 0 Å². The minimum Gasteiger partial charge on any atom is -0.284 e. The van der Waals surface area contributed by atoms with Crippen LogP contribution in [0.1, 0.15) is 0 Å². The summed E-state index contributed by atoms with van der Waals surface area (Å²) in [5.74, 6) is 0. The van der Waals surface area contributed by atoms with Gasteiger partial charge in [-0.25, -0.2) is 4.98 Å². The molecule has 0 spiro atoms. The molecule has 46 valence electrons. The first-order valence-corrected chi connectivity index (χ1v) is 5.57. The summed E-state index contributed by atoms with van der Waals surface area (Å²) in [5.41, 5.74) is 0. The van der Waals surface area contributed by atoms with Gasteiger partial charge in [-0.05, 0) is 0 Å². The highest BCUT2D eigenvalue weighted by Crippen LogP contribution is 2.35. The van der Waals surface area contributed by atoms with Crippen LogP contribution in [-0.4, -0.2) is 8.96 Å². The van der Waals surface area contributed by atoms with Crippen LogP contribution >= 0.6 is 32.5 Å². The van der Waals surface area contributed by atoms with Crippen molar-refractivity contribution in [3.63, 3.8) is 0 Å². The predicted octanol–water partition coefficient (Wildman–Crippen LogP) is 1.34. The van der Waals surface area contributed by atoms with Gasteiger partial charge in [0.2, 0.25) is 0 Å². The van der Waals surface area contributed by atoms with E-state index in [0.29, 0.717) is 0 Å². The maximum absolute atomic E-state index is 4.11. The van der Waals surface area contributed by atoms with Crippen molar-refractivity contribution < 1.29 is 0 Å². The van der Waals surface area contributed by atoms with Crippen molar-refractivity contribution in [2.45, 2.75) is 0 Å². The van der Waals surface area contributed by atoms with E-state index in [1.807, 2.05) is 10.2 Å². The molecule has 0 saturated carbocycles. The molecule has 0 saturated heterocycles. The second kappa shape index (κ2) is 2.70. The topological polar surface area (TPSA) is 17.8 Å². The predicted molar refractivity (Wildman–Crippen MR) is 44.6 cm³/mol. The maximum Gasteiger partial charge on any atom is 0.104 e. The number of thiol groups is 3. The van der Waals surface area contributed by atoms with Crippen LogP contribution in [0.4, 0.5) is 0 Å². The molecular weight excluding hydrogens is 160 g/mol. The van der Waals surface area contributed by atoms with Gasteiger partial charge in [0.1, 0.15) is 6.33 Å². The van der Waals surface area contributed by atoms with Crippen LogP contribution in [-0.2, 0) is 0 Å². The molecule has 1 aromatic heterocycles. The van der Waals surface area contributed by atoms with E-state index in [4.69, 9.17) is 0 Å². The fourth-order valence-corrected chi connectivity index (χ4v) is 1.32.